The van der Waals surface area contributed by atoms with Gasteiger partial charge in [0.1, 0.15) is 18.9 Å². The van der Waals surface area contributed by atoms with E-state index in [4.69, 9.17) is 13.9 Å². The first-order chi connectivity index (χ1) is 13.3. The van der Waals surface area contributed by atoms with E-state index in [-0.39, 0.29) is 5.91 Å². The lowest BCUT2D eigenvalue weighted by Gasteiger charge is -2.19. The number of aromatic nitrogens is 2. The first-order valence-electron chi connectivity index (χ1n) is 8.49. The molecule has 4 aromatic rings. The molecular formula is C20H15N3O4. The number of benzene rings is 1. The van der Waals surface area contributed by atoms with Crippen LogP contribution < -0.4 is 14.8 Å². The molecule has 0 saturated carbocycles. The molecule has 0 atom stereocenters. The van der Waals surface area contributed by atoms with Crippen molar-refractivity contribution in [2.75, 3.05) is 18.5 Å². The summed E-state index contributed by atoms with van der Waals surface area (Å²) in [5, 5.41) is 3.73. The number of hydrogen-bond acceptors (Lipinski definition) is 5. The van der Waals surface area contributed by atoms with Gasteiger partial charge >= 0.3 is 0 Å². The van der Waals surface area contributed by atoms with Crippen molar-refractivity contribution in [3.05, 3.63) is 60.8 Å². The lowest BCUT2D eigenvalue weighted by molar-refractivity contribution is 0.102. The van der Waals surface area contributed by atoms with Gasteiger partial charge < -0.3 is 24.2 Å². The highest BCUT2D eigenvalue weighted by Crippen LogP contribution is 2.33. The number of amides is 1. The number of nitrogens with one attached hydrogen (secondary N) is 2. The van der Waals surface area contributed by atoms with Crippen molar-refractivity contribution < 1.29 is 18.7 Å². The lowest BCUT2D eigenvalue weighted by atomic mass is 10.1. The van der Waals surface area contributed by atoms with E-state index in [9.17, 15) is 4.79 Å². The molecule has 4 heterocycles. The van der Waals surface area contributed by atoms with Crippen LogP contribution in [0.1, 0.15) is 10.4 Å². The van der Waals surface area contributed by atoms with Crippen molar-refractivity contribution in [2.24, 2.45) is 0 Å². The van der Waals surface area contributed by atoms with Crippen LogP contribution in [-0.2, 0) is 0 Å². The van der Waals surface area contributed by atoms with Gasteiger partial charge in [0, 0.05) is 40.7 Å². The molecule has 0 radical (unpaired) electrons. The minimum absolute atomic E-state index is 0.250. The van der Waals surface area contributed by atoms with Gasteiger partial charge in [-0.3, -0.25) is 4.79 Å². The Balaban J connectivity index is 1.45. The topological polar surface area (TPSA) is 89.4 Å². The number of pyridine rings is 1. The van der Waals surface area contributed by atoms with Gasteiger partial charge in [0.05, 0.1) is 18.1 Å². The molecule has 1 amide bonds. The zero-order chi connectivity index (χ0) is 18.2. The van der Waals surface area contributed by atoms with Crippen LogP contribution in [0.25, 0.3) is 22.2 Å². The van der Waals surface area contributed by atoms with Crippen molar-refractivity contribution in [3.63, 3.8) is 0 Å². The Kier molecular flexibility index (Phi) is 3.57. The predicted octanol–water partition coefficient (Wildman–Crippen LogP) is 3.85. The molecule has 3 aromatic heterocycles. The maximum atomic E-state index is 12.7. The van der Waals surface area contributed by atoms with Crippen LogP contribution in [-0.4, -0.2) is 29.1 Å². The number of H-pyrrole nitrogens is 1. The molecule has 1 aliphatic rings. The molecule has 0 fully saturated rings. The Hall–Kier alpha value is -3.74. The molecule has 0 unspecified atom stereocenters. The Bertz CT molecular complexity index is 1130. The largest absolute Gasteiger partial charge is 0.486 e. The molecule has 0 bridgehead atoms. The van der Waals surface area contributed by atoms with E-state index in [1.807, 2.05) is 18.3 Å². The van der Waals surface area contributed by atoms with E-state index in [0.717, 1.165) is 16.5 Å². The second kappa shape index (κ2) is 6.21. The SMILES string of the molecule is O=C(Nc1ccc2c(c1)OCCO2)c1cnc2[nH]cc(-c3ccoc3)c2c1. The fourth-order valence-corrected chi connectivity index (χ4v) is 3.11. The van der Waals surface area contributed by atoms with Crippen LogP contribution >= 0.6 is 0 Å². The number of fused-ring (bicyclic) bond motifs is 2. The fraction of sp³-hybridized carbons (Fsp3) is 0.100. The van der Waals surface area contributed by atoms with E-state index in [0.29, 0.717) is 41.6 Å². The smallest absolute Gasteiger partial charge is 0.257 e. The first-order valence-corrected chi connectivity index (χ1v) is 8.49. The molecule has 7 nitrogen and oxygen atoms in total. The highest BCUT2D eigenvalue weighted by molar-refractivity contribution is 6.07. The zero-order valence-corrected chi connectivity index (χ0v) is 14.2. The number of aromatic amines is 1. The third kappa shape index (κ3) is 2.79. The molecule has 1 aromatic carbocycles. The summed E-state index contributed by atoms with van der Waals surface area (Å²) >= 11 is 0. The summed E-state index contributed by atoms with van der Waals surface area (Å²) in [6.07, 6.45) is 6.67. The van der Waals surface area contributed by atoms with E-state index < -0.39 is 0 Å². The van der Waals surface area contributed by atoms with Gasteiger partial charge in [-0.25, -0.2) is 4.98 Å². The van der Waals surface area contributed by atoms with Crippen molar-refractivity contribution in [3.8, 4) is 22.6 Å². The van der Waals surface area contributed by atoms with E-state index in [2.05, 4.69) is 15.3 Å². The van der Waals surface area contributed by atoms with Crippen LogP contribution in [0, 0.1) is 0 Å². The van der Waals surface area contributed by atoms with E-state index >= 15 is 0 Å². The predicted molar refractivity (Wildman–Crippen MR) is 99.2 cm³/mol. The first kappa shape index (κ1) is 15.5. The Morgan fingerprint density at radius 2 is 2.00 bits per heavy atom. The summed E-state index contributed by atoms with van der Waals surface area (Å²) in [6.45, 7) is 1.02. The number of ether oxygens (including phenoxy) is 2. The Morgan fingerprint density at radius 3 is 2.85 bits per heavy atom. The number of nitrogens with zero attached hydrogens (tertiary/aromatic N) is 1. The molecule has 0 spiro atoms. The number of furan rings is 1. The molecule has 0 aliphatic carbocycles. The fourth-order valence-electron chi connectivity index (χ4n) is 3.11. The monoisotopic (exact) mass is 361 g/mol. The summed E-state index contributed by atoms with van der Waals surface area (Å²) in [6, 6.07) is 9.00. The Labute approximate surface area is 153 Å². The van der Waals surface area contributed by atoms with Gasteiger partial charge in [-0.2, -0.15) is 0 Å². The number of rotatable bonds is 3. The molecule has 5 rings (SSSR count). The second-order valence-corrected chi connectivity index (χ2v) is 6.15. The third-order valence-corrected chi connectivity index (χ3v) is 4.43. The second-order valence-electron chi connectivity index (χ2n) is 6.15. The normalized spacial score (nSPS) is 12.9. The maximum Gasteiger partial charge on any atom is 0.257 e. The molecule has 134 valence electrons. The maximum absolute atomic E-state index is 12.7. The number of carbonyl (C=O) groups excluding carboxylic acids is 1. The Morgan fingerprint density at radius 1 is 1.11 bits per heavy atom. The molecule has 7 heteroatoms. The van der Waals surface area contributed by atoms with E-state index in [1.165, 1.54) is 0 Å². The molecule has 0 saturated heterocycles. The van der Waals surface area contributed by atoms with Crippen molar-refractivity contribution in [2.45, 2.75) is 0 Å². The molecule has 27 heavy (non-hydrogen) atoms. The molecular weight excluding hydrogens is 346 g/mol. The van der Waals surface area contributed by atoms with Gasteiger partial charge in [-0.1, -0.05) is 0 Å². The average molecular weight is 361 g/mol. The zero-order valence-electron chi connectivity index (χ0n) is 14.2. The van der Waals surface area contributed by atoms with Gasteiger partial charge in [0.15, 0.2) is 11.5 Å². The van der Waals surface area contributed by atoms with Crippen molar-refractivity contribution in [1.82, 2.24) is 9.97 Å². The summed E-state index contributed by atoms with van der Waals surface area (Å²) in [4.78, 5) is 20.2. The number of hydrogen-bond donors (Lipinski definition) is 2. The minimum atomic E-state index is -0.250. The third-order valence-electron chi connectivity index (χ3n) is 4.43. The highest BCUT2D eigenvalue weighted by Gasteiger charge is 2.15. The van der Waals surface area contributed by atoms with E-state index in [1.54, 1.807) is 36.9 Å². The van der Waals surface area contributed by atoms with Crippen molar-refractivity contribution in [1.29, 1.82) is 0 Å². The van der Waals surface area contributed by atoms with Gasteiger partial charge in [0.2, 0.25) is 0 Å². The van der Waals surface area contributed by atoms with Gasteiger partial charge in [-0.05, 0) is 24.3 Å². The van der Waals surface area contributed by atoms with Crippen LogP contribution in [0.2, 0.25) is 0 Å². The minimum Gasteiger partial charge on any atom is -0.486 e. The summed E-state index contributed by atoms with van der Waals surface area (Å²) in [5.41, 5.74) is 3.66. The highest BCUT2D eigenvalue weighted by atomic mass is 16.6. The summed E-state index contributed by atoms with van der Waals surface area (Å²) < 4.78 is 16.2. The van der Waals surface area contributed by atoms with Gasteiger partial charge in [0.25, 0.3) is 5.91 Å². The molecule has 1 aliphatic heterocycles. The van der Waals surface area contributed by atoms with Crippen LogP contribution in [0.15, 0.2) is 59.7 Å². The number of anilines is 1. The molecule has 2 N–H and O–H groups in total. The van der Waals surface area contributed by atoms with Crippen molar-refractivity contribution >= 4 is 22.6 Å². The summed E-state index contributed by atoms with van der Waals surface area (Å²) in [5.74, 6) is 1.06. The lowest BCUT2D eigenvalue weighted by Crippen LogP contribution is -2.16. The summed E-state index contributed by atoms with van der Waals surface area (Å²) in [7, 11) is 0. The van der Waals surface area contributed by atoms with Gasteiger partial charge in [-0.15, -0.1) is 0 Å². The average Bonchev–Trinajstić information content (AvgIpc) is 3.36. The van der Waals surface area contributed by atoms with Crippen LogP contribution in [0.4, 0.5) is 5.69 Å². The quantitative estimate of drug-likeness (QED) is 0.579. The van der Waals surface area contributed by atoms with Crippen LogP contribution in [0.5, 0.6) is 11.5 Å². The number of carbonyl (C=O) groups is 1. The van der Waals surface area contributed by atoms with Crippen LogP contribution in [0.3, 0.4) is 0 Å². The standard InChI is InChI=1S/C20H15N3O4/c24-20(23-14-1-2-17-18(8-14)27-6-5-26-17)13-7-15-16(12-3-4-25-11-12)10-22-19(15)21-9-13/h1-4,7-11H,5-6H2,(H,21,22)(H,23,24).